The van der Waals surface area contributed by atoms with Crippen LogP contribution in [0.3, 0.4) is 0 Å². The van der Waals surface area contributed by atoms with E-state index < -0.39 is 6.04 Å². The predicted molar refractivity (Wildman–Crippen MR) is 62.1 cm³/mol. The van der Waals surface area contributed by atoms with Gasteiger partial charge in [0.15, 0.2) is 0 Å². The number of amides is 1. The van der Waals surface area contributed by atoms with E-state index in [4.69, 9.17) is 15.7 Å². The molecule has 1 aromatic rings. The zero-order valence-corrected chi connectivity index (χ0v) is 9.50. The fourth-order valence-corrected chi connectivity index (χ4v) is 1.78. The van der Waals surface area contributed by atoms with E-state index in [0.29, 0.717) is 19.6 Å². The largest absolute Gasteiger partial charge is 0.508 e. The van der Waals surface area contributed by atoms with Crippen LogP contribution in [0.4, 0.5) is 0 Å². The molecule has 5 heteroatoms. The molecule has 1 amide bonds. The van der Waals surface area contributed by atoms with E-state index in [0.717, 1.165) is 12.0 Å². The van der Waals surface area contributed by atoms with Gasteiger partial charge in [0, 0.05) is 0 Å². The third-order valence-corrected chi connectivity index (χ3v) is 2.71. The second-order valence-electron chi connectivity index (χ2n) is 4.10. The maximum Gasteiger partial charge on any atom is 0.263 e. The highest BCUT2D eigenvalue weighted by Crippen LogP contribution is 2.12. The fraction of sp³-hybridized carbons (Fsp3) is 0.417. The maximum atomic E-state index is 11.8. The molecule has 1 fully saturated rings. The lowest BCUT2D eigenvalue weighted by molar-refractivity contribution is -0.170. The SMILES string of the molecule is NC(Cc1ccc(O)cc1)C(=O)N1CCCO1. The summed E-state index contributed by atoms with van der Waals surface area (Å²) in [5, 5.41) is 10.5. The zero-order chi connectivity index (χ0) is 12.3. The fourth-order valence-electron chi connectivity index (χ4n) is 1.78. The second kappa shape index (κ2) is 5.16. The lowest BCUT2D eigenvalue weighted by Gasteiger charge is -2.18. The zero-order valence-electron chi connectivity index (χ0n) is 9.50. The lowest BCUT2D eigenvalue weighted by Crippen LogP contribution is -2.43. The van der Waals surface area contributed by atoms with Crippen molar-refractivity contribution in [2.45, 2.75) is 18.9 Å². The first kappa shape index (κ1) is 11.9. The first-order valence-corrected chi connectivity index (χ1v) is 5.64. The first-order valence-electron chi connectivity index (χ1n) is 5.64. The van der Waals surface area contributed by atoms with Crippen molar-refractivity contribution in [3.8, 4) is 5.75 Å². The molecule has 1 aliphatic heterocycles. The van der Waals surface area contributed by atoms with Crippen LogP contribution in [-0.4, -0.2) is 35.3 Å². The maximum absolute atomic E-state index is 11.8. The van der Waals surface area contributed by atoms with Gasteiger partial charge in [-0.1, -0.05) is 12.1 Å². The van der Waals surface area contributed by atoms with Gasteiger partial charge in [-0.25, -0.2) is 5.06 Å². The summed E-state index contributed by atoms with van der Waals surface area (Å²) in [6.45, 7) is 1.19. The smallest absolute Gasteiger partial charge is 0.263 e. The van der Waals surface area contributed by atoms with E-state index >= 15 is 0 Å². The molecule has 92 valence electrons. The molecule has 1 heterocycles. The molecule has 1 unspecified atom stereocenters. The van der Waals surface area contributed by atoms with E-state index in [1.807, 2.05) is 0 Å². The van der Waals surface area contributed by atoms with Crippen molar-refractivity contribution in [3.05, 3.63) is 29.8 Å². The summed E-state index contributed by atoms with van der Waals surface area (Å²) in [4.78, 5) is 17.0. The molecule has 0 aliphatic carbocycles. The highest BCUT2D eigenvalue weighted by atomic mass is 16.7. The van der Waals surface area contributed by atoms with Crippen LogP contribution in [0.15, 0.2) is 24.3 Å². The Labute approximate surface area is 99.7 Å². The standard InChI is InChI=1S/C12H16N2O3/c13-11(12(16)14-6-1-7-17-14)8-9-2-4-10(15)5-3-9/h2-5,11,15H,1,6-8,13H2. The molecule has 3 N–H and O–H groups in total. The summed E-state index contributed by atoms with van der Waals surface area (Å²) in [6, 6.07) is 6.08. The number of carbonyl (C=O) groups excluding carboxylic acids is 1. The van der Waals surface area contributed by atoms with E-state index in [2.05, 4.69) is 0 Å². The van der Waals surface area contributed by atoms with E-state index in [1.54, 1.807) is 24.3 Å². The van der Waals surface area contributed by atoms with Crippen molar-refractivity contribution in [3.63, 3.8) is 0 Å². The molecule has 0 bridgehead atoms. The molecule has 0 saturated carbocycles. The number of phenolic OH excluding ortho intramolecular Hbond substituents is 1. The van der Waals surface area contributed by atoms with Crippen LogP contribution >= 0.6 is 0 Å². The average molecular weight is 236 g/mol. The van der Waals surface area contributed by atoms with Crippen molar-refractivity contribution >= 4 is 5.91 Å². The third kappa shape index (κ3) is 2.95. The molecule has 1 atom stereocenters. The number of nitrogens with two attached hydrogens (primary N) is 1. The summed E-state index contributed by atoms with van der Waals surface area (Å²) in [5.41, 5.74) is 6.75. The molecule has 1 aliphatic rings. The molecule has 2 rings (SSSR count). The van der Waals surface area contributed by atoms with Gasteiger partial charge in [-0.05, 0) is 30.5 Å². The Balaban J connectivity index is 1.93. The van der Waals surface area contributed by atoms with Gasteiger partial charge < -0.3 is 10.8 Å². The van der Waals surface area contributed by atoms with Crippen molar-refractivity contribution in [2.24, 2.45) is 5.73 Å². The van der Waals surface area contributed by atoms with Gasteiger partial charge in [0.1, 0.15) is 5.75 Å². The molecule has 0 aromatic heterocycles. The number of hydrogen-bond acceptors (Lipinski definition) is 4. The summed E-state index contributed by atoms with van der Waals surface area (Å²) < 4.78 is 0. The minimum absolute atomic E-state index is 0.185. The molecule has 1 saturated heterocycles. The number of phenols is 1. The van der Waals surface area contributed by atoms with Gasteiger partial charge in [-0.2, -0.15) is 0 Å². The van der Waals surface area contributed by atoms with Crippen molar-refractivity contribution in [2.75, 3.05) is 13.2 Å². The normalized spacial score (nSPS) is 17.1. The summed E-state index contributed by atoms with van der Waals surface area (Å²) >= 11 is 0. The van der Waals surface area contributed by atoms with E-state index in [1.165, 1.54) is 5.06 Å². The average Bonchev–Trinajstić information content (AvgIpc) is 2.84. The number of hydroxylamine groups is 2. The van der Waals surface area contributed by atoms with Gasteiger partial charge in [0.2, 0.25) is 0 Å². The molecular formula is C12H16N2O3. The quantitative estimate of drug-likeness (QED) is 0.797. The van der Waals surface area contributed by atoms with Gasteiger partial charge in [-0.3, -0.25) is 9.63 Å². The topological polar surface area (TPSA) is 75.8 Å². The van der Waals surface area contributed by atoms with Crippen LogP contribution in [0.2, 0.25) is 0 Å². The molecule has 0 spiro atoms. The van der Waals surface area contributed by atoms with Gasteiger partial charge >= 0.3 is 0 Å². The van der Waals surface area contributed by atoms with Crippen LogP contribution in [0, 0.1) is 0 Å². The number of carbonyl (C=O) groups is 1. The second-order valence-corrected chi connectivity index (χ2v) is 4.10. The summed E-state index contributed by atoms with van der Waals surface area (Å²) in [6.07, 6.45) is 1.30. The van der Waals surface area contributed by atoms with Crippen molar-refractivity contribution in [1.29, 1.82) is 0 Å². The first-order chi connectivity index (χ1) is 8.16. The number of benzene rings is 1. The highest BCUT2D eigenvalue weighted by Gasteiger charge is 2.24. The summed E-state index contributed by atoms with van der Waals surface area (Å²) in [7, 11) is 0. The van der Waals surface area contributed by atoms with E-state index in [9.17, 15) is 4.79 Å². The Morgan fingerprint density at radius 2 is 2.18 bits per heavy atom. The Hall–Kier alpha value is -1.59. The lowest BCUT2D eigenvalue weighted by atomic mass is 10.1. The van der Waals surface area contributed by atoms with Gasteiger partial charge in [0.25, 0.3) is 5.91 Å². The Morgan fingerprint density at radius 1 is 1.47 bits per heavy atom. The minimum atomic E-state index is -0.599. The molecular weight excluding hydrogens is 220 g/mol. The Morgan fingerprint density at radius 3 is 2.76 bits per heavy atom. The number of rotatable bonds is 3. The van der Waals surface area contributed by atoms with Crippen LogP contribution in [0.5, 0.6) is 5.75 Å². The van der Waals surface area contributed by atoms with E-state index in [-0.39, 0.29) is 11.7 Å². The molecule has 5 nitrogen and oxygen atoms in total. The summed E-state index contributed by atoms with van der Waals surface area (Å²) in [5.74, 6) is 0.0205. The van der Waals surface area contributed by atoms with Crippen LogP contribution < -0.4 is 5.73 Å². The van der Waals surface area contributed by atoms with Crippen LogP contribution in [-0.2, 0) is 16.1 Å². The third-order valence-electron chi connectivity index (χ3n) is 2.71. The number of aromatic hydroxyl groups is 1. The predicted octanol–water partition coefficient (Wildman–Crippen LogP) is 0.426. The highest BCUT2D eigenvalue weighted by molar-refractivity contribution is 5.81. The number of hydrogen-bond donors (Lipinski definition) is 2. The Kier molecular flexibility index (Phi) is 3.61. The minimum Gasteiger partial charge on any atom is -0.508 e. The van der Waals surface area contributed by atoms with Gasteiger partial charge in [0.05, 0.1) is 19.2 Å². The number of nitrogens with zero attached hydrogens (tertiary/aromatic N) is 1. The molecule has 1 aromatic carbocycles. The molecule has 17 heavy (non-hydrogen) atoms. The monoisotopic (exact) mass is 236 g/mol. The van der Waals surface area contributed by atoms with Crippen LogP contribution in [0.25, 0.3) is 0 Å². The van der Waals surface area contributed by atoms with Crippen molar-refractivity contribution < 1.29 is 14.7 Å². The Bertz CT molecular complexity index is 385. The van der Waals surface area contributed by atoms with Gasteiger partial charge in [-0.15, -0.1) is 0 Å². The van der Waals surface area contributed by atoms with Crippen LogP contribution in [0.1, 0.15) is 12.0 Å². The van der Waals surface area contributed by atoms with Crippen molar-refractivity contribution in [1.82, 2.24) is 5.06 Å². The molecule has 0 radical (unpaired) electrons.